The van der Waals surface area contributed by atoms with Crippen LogP contribution in [0.3, 0.4) is 0 Å². The molecule has 1 N–H and O–H groups in total. The fourth-order valence-electron chi connectivity index (χ4n) is 2.72. The minimum atomic E-state index is -4.40. The number of carbonyl (C=O) groups is 2. The number of hydrogen-bond acceptors (Lipinski definition) is 3. The summed E-state index contributed by atoms with van der Waals surface area (Å²) in [5.41, 5.74) is 0.985. The fraction of sp³-hybridized carbons (Fsp3) is 0.143. The summed E-state index contributed by atoms with van der Waals surface area (Å²) in [6.45, 7) is 0.129. The standard InChI is InChI=1S/C21H17F3N2O2S/c1-26(12-14-6-8-16(9-7-14)21(22,23)24)20(28)17-4-2-3-5-18(17)25-19(27)15-10-11-29-13-15/h2-11,13H,12H2,1H3,(H,25,27). The molecule has 3 aromatic rings. The Morgan fingerprint density at radius 2 is 1.72 bits per heavy atom. The number of anilines is 1. The lowest BCUT2D eigenvalue weighted by Gasteiger charge is -2.20. The first kappa shape index (κ1) is 20.6. The highest BCUT2D eigenvalue weighted by Gasteiger charge is 2.30. The molecule has 2 aromatic carbocycles. The number of halogens is 3. The Bertz CT molecular complexity index is 1000. The monoisotopic (exact) mass is 418 g/mol. The van der Waals surface area contributed by atoms with E-state index in [-0.39, 0.29) is 18.4 Å². The lowest BCUT2D eigenvalue weighted by Crippen LogP contribution is -2.27. The van der Waals surface area contributed by atoms with Gasteiger partial charge in [-0.05, 0) is 41.3 Å². The number of nitrogens with zero attached hydrogens (tertiary/aromatic N) is 1. The SMILES string of the molecule is CN(Cc1ccc(C(F)(F)F)cc1)C(=O)c1ccccc1NC(=O)c1ccsc1. The number of amides is 2. The molecule has 0 atom stereocenters. The molecule has 150 valence electrons. The van der Waals surface area contributed by atoms with Gasteiger partial charge < -0.3 is 10.2 Å². The molecule has 8 heteroatoms. The maximum absolute atomic E-state index is 12.9. The summed E-state index contributed by atoms with van der Waals surface area (Å²) in [6.07, 6.45) is -4.40. The van der Waals surface area contributed by atoms with Gasteiger partial charge in [-0.3, -0.25) is 9.59 Å². The number of carbonyl (C=O) groups excluding carboxylic acids is 2. The number of thiophene rings is 1. The smallest absolute Gasteiger partial charge is 0.337 e. The molecule has 1 heterocycles. The van der Waals surface area contributed by atoms with Gasteiger partial charge in [0.15, 0.2) is 0 Å². The van der Waals surface area contributed by atoms with Crippen LogP contribution in [0.5, 0.6) is 0 Å². The number of nitrogens with one attached hydrogen (secondary N) is 1. The molecule has 0 saturated carbocycles. The Morgan fingerprint density at radius 3 is 2.34 bits per heavy atom. The van der Waals surface area contributed by atoms with Gasteiger partial charge in [-0.25, -0.2) is 0 Å². The zero-order valence-electron chi connectivity index (χ0n) is 15.4. The van der Waals surface area contributed by atoms with Crippen LogP contribution in [0.15, 0.2) is 65.4 Å². The van der Waals surface area contributed by atoms with E-state index in [2.05, 4.69) is 5.32 Å². The van der Waals surface area contributed by atoms with Crippen molar-refractivity contribution in [2.45, 2.75) is 12.7 Å². The van der Waals surface area contributed by atoms with Gasteiger partial charge in [0, 0.05) is 19.0 Å². The average Bonchev–Trinajstić information content (AvgIpc) is 3.22. The summed E-state index contributed by atoms with van der Waals surface area (Å²) < 4.78 is 38.1. The number of alkyl halides is 3. The molecule has 0 fully saturated rings. The van der Waals surface area contributed by atoms with Crippen molar-refractivity contribution in [1.82, 2.24) is 4.90 Å². The van der Waals surface area contributed by atoms with E-state index in [1.54, 1.807) is 48.1 Å². The van der Waals surface area contributed by atoms with Crippen molar-refractivity contribution >= 4 is 28.8 Å². The Morgan fingerprint density at radius 1 is 1.03 bits per heavy atom. The van der Waals surface area contributed by atoms with Crippen LogP contribution < -0.4 is 5.32 Å². The van der Waals surface area contributed by atoms with Crippen molar-refractivity contribution in [2.24, 2.45) is 0 Å². The van der Waals surface area contributed by atoms with Crippen LogP contribution in [0, 0.1) is 0 Å². The zero-order valence-corrected chi connectivity index (χ0v) is 16.2. The van der Waals surface area contributed by atoms with Crippen LogP contribution in [-0.2, 0) is 12.7 Å². The first-order valence-corrected chi connectivity index (χ1v) is 9.54. The van der Waals surface area contributed by atoms with Gasteiger partial charge in [0.2, 0.25) is 0 Å². The van der Waals surface area contributed by atoms with E-state index >= 15 is 0 Å². The molecular weight excluding hydrogens is 401 g/mol. The van der Waals surface area contributed by atoms with Crippen LogP contribution in [0.2, 0.25) is 0 Å². The normalized spacial score (nSPS) is 11.2. The molecular formula is C21H17F3N2O2S. The number of rotatable bonds is 5. The van der Waals surface area contributed by atoms with Gasteiger partial charge in [0.1, 0.15) is 0 Å². The fourth-order valence-corrected chi connectivity index (χ4v) is 3.35. The van der Waals surface area contributed by atoms with Gasteiger partial charge >= 0.3 is 6.18 Å². The highest BCUT2D eigenvalue weighted by atomic mass is 32.1. The van der Waals surface area contributed by atoms with Gasteiger partial charge in [-0.1, -0.05) is 24.3 Å². The van der Waals surface area contributed by atoms with Crippen molar-refractivity contribution in [3.05, 3.63) is 87.6 Å². The van der Waals surface area contributed by atoms with Gasteiger partial charge in [-0.2, -0.15) is 24.5 Å². The predicted molar refractivity (Wildman–Crippen MR) is 106 cm³/mol. The van der Waals surface area contributed by atoms with E-state index in [0.29, 0.717) is 22.4 Å². The van der Waals surface area contributed by atoms with E-state index in [9.17, 15) is 22.8 Å². The second kappa shape index (κ2) is 8.48. The minimum Gasteiger partial charge on any atom is -0.337 e. The highest BCUT2D eigenvalue weighted by Crippen LogP contribution is 2.29. The molecule has 0 radical (unpaired) electrons. The van der Waals surface area contributed by atoms with E-state index < -0.39 is 11.7 Å². The maximum Gasteiger partial charge on any atom is 0.416 e. The third kappa shape index (κ3) is 5.03. The molecule has 0 spiro atoms. The van der Waals surface area contributed by atoms with Crippen molar-refractivity contribution < 1.29 is 22.8 Å². The molecule has 1 aromatic heterocycles. The minimum absolute atomic E-state index is 0.129. The Kier molecular flexibility index (Phi) is 6.03. The summed E-state index contributed by atoms with van der Waals surface area (Å²) in [7, 11) is 1.55. The van der Waals surface area contributed by atoms with Crippen molar-refractivity contribution in [3.8, 4) is 0 Å². The molecule has 3 rings (SSSR count). The topological polar surface area (TPSA) is 49.4 Å². The van der Waals surface area contributed by atoms with Crippen LogP contribution >= 0.6 is 11.3 Å². The second-order valence-corrected chi connectivity index (χ2v) is 7.15. The maximum atomic E-state index is 12.9. The van der Waals surface area contributed by atoms with E-state index in [1.165, 1.54) is 28.4 Å². The summed E-state index contributed by atoms with van der Waals surface area (Å²) in [5.74, 6) is -0.678. The van der Waals surface area contributed by atoms with Crippen LogP contribution in [0.1, 0.15) is 31.8 Å². The number of benzene rings is 2. The molecule has 0 unspecified atom stereocenters. The first-order chi connectivity index (χ1) is 13.8. The Hall–Kier alpha value is -3.13. The molecule has 0 aliphatic rings. The van der Waals surface area contributed by atoms with Crippen molar-refractivity contribution in [2.75, 3.05) is 12.4 Å². The van der Waals surface area contributed by atoms with Gasteiger partial charge in [0.05, 0.1) is 22.4 Å². The van der Waals surface area contributed by atoms with Crippen LogP contribution in [0.25, 0.3) is 0 Å². The molecule has 0 bridgehead atoms. The predicted octanol–water partition coefficient (Wildman–Crippen LogP) is 5.29. The second-order valence-electron chi connectivity index (χ2n) is 6.37. The highest BCUT2D eigenvalue weighted by molar-refractivity contribution is 7.08. The van der Waals surface area contributed by atoms with Crippen molar-refractivity contribution in [1.29, 1.82) is 0 Å². The summed E-state index contributed by atoms with van der Waals surface area (Å²) in [4.78, 5) is 26.6. The quantitative estimate of drug-likeness (QED) is 0.612. The van der Waals surface area contributed by atoms with Gasteiger partial charge in [0.25, 0.3) is 11.8 Å². The molecule has 2 amide bonds. The van der Waals surface area contributed by atoms with E-state index in [4.69, 9.17) is 0 Å². The molecule has 29 heavy (non-hydrogen) atoms. The van der Waals surface area contributed by atoms with Gasteiger partial charge in [-0.15, -0.1) is 0 Å². The van der Waals surface area contributed by atoms with E-state index in [0.717, 1.165) is 12.1 Å². The Labute approximate surface area is 169 Å². The third-order valence-electron chi connectivity index (χ3n) is 4.24. The molecule has 0 aliphatic carbocycles. The lowest BCUT2D eigenvalue weighted by atomic mass is 10.1. The zero-order chi connectivity index (χ0) is 21.0. The molecule has 0 saturated heterocycles. The largest absolute Gasteiger partial charge is 0.416 e. The summed E-state index contributed by atoms with van der Waals surface area (Å²) in [5, 5.41) is 6.22. The molecule has 4 nitrogen and oxygen atoms in total. The van der Waals surface area contributed by atoms with Crippen molar-refractivity contribution in [3.63, 3.8) is 0 Å². The lowest BCUT2D eigenvalue weighted by molar-refractivity contribution is -0.137. The molecule has 0 aliphatic heterocycles. The van der Waals surface area contributed by atoms with E-state index in [1.807, 2.05) is 0 Å². The summed E-state index contributed by atoms with van der Waals surface area (Å²) >= 11 is 1.39. The van der Waals surface area contributed by atoms with Crippen LogP contribution in [-0.4, -0.2) is 23.8 Å². The summed E-state index contributed by atoms with van der Waals surface area (Å²) in [6, 6.07) is 13.0. The van der Waals surface area contributed by atoms with Crippen LogP contribution in [0.4, 0.5) is 18.9 Å². The first-order valence-electron chi connectivity index (χ1n) is 8.60. The number of para-hydroxylation sites is 1. The Balaban J connectivity index is 1.73. The average molecular weight is 418 g/mol. The third-order valence-corrected chi connectivity index (χ3v) is 4.92. The number of hydrogen-bond donors (Lipinski definition) is 1.